The van der Waals surface area contributed by atoms with Crippen molar-refractivity contribution in [3.63, 3.8) is 0 Å². The van der Waals surface area contributed by atoms with Crippen molar-refractivity contribution in [1.29, 1.82) is 0 Å². The Morgan fingerprint density at radius 2 is 2.23 bits per heavy atom. The Morgan fingerprint density at radius 3 is 2.62 bits per heavy atom. The van der Waals surface area contributed by atoms with Crippen molar-refractivity contribution in [1.82, 2.24) is 9.55 Å². The molecule has 0 radical (unpaired) electrons. The molecule has 0 aliphatic heterocycles. The number of aromatic nitrogens is 2. The number of nitrogens with zero attached hydrogens (tertiary/aromatic N) is 1. The zero-order valence-corrected chi connectivity index (χ0v) is 8.24. The molecule has 1 atom stereocenters. The Morgan fingerprint density at radius 1 is 1.62 bits per heavy atom. The summed E-state index contributed by atoms with van der Waals surface area (Å²) in [6.07, 6.45) is 2.69. The topological polar surface area (TPSA) is 58.0 Å². The van der Waals surface area contributed by atoms with Gasteiger partial charge in [0.1, 0.15) is 0 Å². The van der Waals surface area contributed by atoms with Crippen molar-refractivity contribution < 1.29 is 5.11 Å². The maximum Gasteiger partial charge on any atom is 0.325 e. The van der Waals surface area contributed by atoms with E-state index in [2.05, 4.69) is 4.98 Å². The van der Waals surface area contributed by atoms with Crippen molar-refractivity contribution in [3.8, 4) is 0 Å². The maximum absolute atomic E-state index is 11.1. The number of hydrogen-bond donors (Lipinski definition) is 2. The summed E-state index contributed by atoms with van der Waals surface area (Å²) in [5, 5.41) is 9.71. The average molecular weight is 184 g/mol. The highest BCUT2D eigenvalue weighted by molar-refractivity contribution is 4.80. The van der Waals surface area contributed by atoms with Gasteiger partial charge >= 0.3 is 5.69 Å². The molecule has 1 rings (SSSR count). The summed E-state index contributed by atoms with van der Waals surface area (Å²) in [5.74, 6) is 0. The van der Waals surface area contributed by atoms with Crippen molar-refractivity contribution in [2.75, 3.05) is 0 Å². The molecule has 74 valence electrons. The van der Waals surface area contributed by atoms with Gasteiger partial charge in [0.05, 0.1) is 12.6 Å². The molecule has 1 aromatic rings. The molecule has 1 aromatic heterocycles. The Kier molecular flexibility index (Phi) is 2.61. The Labute approximate surface area is 77.2 Å². The van der Waals surface area contributed by atoms with Gasteiger partial charge < -0.3 is 10.1 Å². The highest BCUT2D eigenvalue weighted by Gasteiger charge is 2.22. The molecule has 0 aromatic carbocycles. The van der Waals surface area contributed by atoms with E-state index in [1.165, 1.54) is 4.57 Å². The number of rotatable bonds is 2. The van der Waals surface area contributed by atoms with Gasteiger partial charge in [-0.1, -0.05) is 20.8 Å². The lowest BCUT2D eigenvalue weighted by Gasteiger charge is -2.25. The summed E-state index contributed by atoms with van der Waals surface area (Å²) in [5.41, 5.74) is -0.375. The first-order valence-corrected chi connectivity index (χ1v) is 4.33. The van der Waals surface area contributed by atoms with Crippen LogP contribution in [0.5, 0.6) is 0 Å². The van der Waals surface area contributed by atoms with E-state index >= 15 is 0 Å². The summed E-state index contributed by atoms with van der Waals surface area (Å²) in [6.45, 7) is 6.16. The number of aliphatic hydroxyl groups is 1. The van der Waals surface area contributed by atoms with E-state index in [-0.39, 0.29) is 11.1 Å². The van der Waals surface area contributed by atoms with Crippen LogP contribution in [0.1, 0.15) is 20.8 Å². The fourth-order valence-electron chi connectivity index (χ4n) is 0.953. The first-order chi connectivity index (χ1) is 5.91. The van der Waals surface area contributed by atoms with E-state index < -0.39 is 6.10 Å². The van der Waals surface area contributed by atoms with Crippen LogP contribution in [0.2, 0.25) is 0 Å². The average Bonchev–Trinajstić information content (AvgIpc) is 2.34. The smallest absolute Gasteiger partial charge is 0.325 e. The summed E-state index contributed by atoms with van der Waals surface area (Å²) < 4.78 is 1.47. The molecule has 0 saturated carbocycles. The predicted octanol–water partition coefficient (Wildman–Crippen LogP) is 0.583. The molecule has 1 heterocycles. The van der Waals surface area contributed by atoms with Gasteiger partial charge in [-0.25, -0.2) is 4.79 Å². The van der Waals surface area contributed by atoms with Crippen LogP contribution in [-0.4, -0.2) is 20.8 Å². The lowest BCUT2D eigenvalue weighted by atomic mass is 9.89. The second kappa shape index (κ2) is 3.38. The number of aliphatic hydroxyl groups excluding tert-OH is 1. The molecule has 0 fully saturated rings. The van der Waals surface area contributed by atoms with Gasteiger partial charge in [-0.05, 0) is 5.41 Å². The zero-order valence-electron chi connectivity index (χ0n) is 8.24. The third-order valence-electron chi connectivity index (χ3n) is 2.09. The number of imidazole rings is 1. The quantitative estimate of drug-likeness (QED) is 0.706. The van der Waals surface area contributed by atoms with Crippen LogP contribution >= 0.6 is 0 Å². The molecular formula is C9H16N2O2. The molecule has 4 nitrogen and oxygen atoms in total. The SMILES string of the molecule is CC(C)(C)C(O)Cn1cc[nH]c1=O. The standard InChI is InChI=1S/C9H16N2O2/c1-9(2,3)7(12)6-11-5-4-10-8(11)13/h4-5,7,12H,6H2,1-3H3,(H,10,13). The molecule has 0 amide bonds. The fourth-order valence-corrected chi connectivity index (χ4v) is 0.953. The first-order valence-electron chi connectivity index (χ1n) is 4.33. The van der Waals surface area contributed by atoms with Crippen LogP contribution in [0.4, 0.5) is 0 Å². The van der Waals surface area contributed by atoms with Crippen LogP contribution < -0.4 is 5.69 Å². The first kappa shape index (κ1) is 10.1. The molecule has 0 bridgehead atoms. The molecule has 4 heteroatoms. The molecule has 0 saturated heterocycles. The van der Waals surface area contributed by atoms with Gasteiger partial charge in [0, 0.05) is 12.4 Å². The van der Waals surface area contributed by atoms with Gasteiger partial charge in [0.15, 0.2) is 0 Å². The maximum atomic E-state index is 11.1. The number of nitrogens with one attached hydrogen (secondary N) is 1. The van der Waals surface area contributed by atoms with Gasteiger partial charge in [-0.15, -0.1) is 0 Å². The van der Waals surface area contributed by atoms with Crippen molar-refractivity contribution in [2.45, 2.75) is 33.4 Å². The molecular weight excluding hydrogens is 168 g/mol. The van der Waals surface area contributed by atoms with Gasteiger partial charge in [0.25, 0.3) is 0 Å². The minimum Gasteiger partial charge on any atom is -0.391 e. The molecule has 0 aliphatic carbocycles. The number of aromatic amines is 1. The van der Waals surface area contributed by atoms with Crippen molar-refractivity contribution in [3.05, 3.63) is 22.9 Å². The second-order valence-electron chi connectivity index (χ2n) is 4.30. The monoisotopic (exact) mass is 184 g/mol. The van der Waals surface area contributed by atoms with Crippen LogP contribution in [0.25, 0.3) is 0 Å². The fraction of sp³-hybridized carbons (Fsp3) is 0.667. The number of hydrogen-bond acceptors (Lipinski definition) is 2. The third kappa shape index (κ3) is 2.45. The Hall–Kier alpha value is -1.03. The zero-order chi connectivity index (χ0) is 10.1. The summed E-state index contributed by atoms with van der Waals surface area (Å²) in [6, 6.07) is 0. The van der Waals surface area contributed by atoms with Crippen LogP contribution in [0, 0.1) is 5.41 Å². The number of H-pyrrole nitrogens is 1. The highest BCUT2D eigenvalue weighted by atomic mass is 16.3. The molecule has 13 heavy (non-hydrogen) atoms. The van der Waals surface area contributed by atoms with E-state index in [4.69, 9.17) is 0 Å². The lowest BCUT2D eigenvalue weighted by Crippen LogP contribution is -2.33. The van der Waals surface area contributed by atoms with Crippen LogP contribution in [0.3, 0.4) is 0 Å². The van der Waals surface area contributed by atoms with Gasteiger partial charge in [-0.3, -0.25) is 4.57 Å². The molecule has 1 unspecified atom stereocenters. The largest absolute Gasteiger partial charge is 0.391 e. The molecule has 0 aliphatic rings. The minimum atomic E-state index is -0.513. The van der Waals surface area contributed by atoms with E-state index in [1.807, 2.05) is 20.8 Å². The summed E-state index contributed by atoms with van der Waals surface area (Å²) in [7, 11) is 0. The second-order valence-corrected chi connectivity index (χ2v) is 4.30. The van der Waals surface area contributed by atoms with E-state index in [0.717, 1.165) is 0 Å². The van der Waals surface area contributed by atoms with Crippen molar-refractivity contribution in [2.24, 2.45) is 5.41 Å². The van der Waals surface area contributed by atoms with E-state index in [1.54, 1.807) is 12.4 Å². The Balaban J connectivity index is 2.71. The highest BCUT2D eigenvalue weighted by Crippen LogP contribution is 2.19. The van der Waals surface area contributed by atoms with Crippen LogP contribution in [0.15, 0.2) is 17.2 Å². The van der Waals surface area contributed by atoms with Crippen LogP contribution in [-0.2, 0) is 6.54 Å². The molecule has 0 spiro atoms. The predicted molar refractivity (Wildman–Crippen MR) is 50.5 cm³/mol. The summed E-state index contributed by atoms with van der Waals surface area (Å²) >= 11 is 0. The third-order valence-corrected chi connectivity index (χ3v) is 2.09. The molecule has 2 N–H and O–H groups in total. The van der Waals surface area contributed by atoms with E-state index in [9.17, 15) is 9.90 Å². The van der Waals surface area contributed by atoms with Gasteiger partial charge in [0.2, 0.25) is 0 Å². The minimum absolute atomic E-state index is 0.177. The van der Waals surface area contributed by atoms with Gasteiger partial charge in [-0.2, -0.15) is 0 Å². The lowest BCUT2D eigenvalue weighted by molar-refractivity contribution is 0.0473. The summed E-state index contributed by atoms with van der Waals surface area (Å²) in [4.78, 5) is 13.6. The normalized spacial score (nSPS) is 14.5. The van der Waals surface area contributed by atoms with Crippen molar-refractivity contribution >= 4 is 0 Å². The Bertz CT molecular complexity index is 319. The van der Waals surface area contributed by atoms with E-state index in [0.29, 0.717) is 6.54 Å².